The maximum atomic E-state index is 13.8. The molecule has 1 amide bonds. The minimum absolute atomic E-state index is 0.0896. The number of nitrogens with zero attached hydrogens (tertiary/aromatic N) is 1. The Labute approximate surface area is 164 Å². The number of fused-ring (bicyclic) bond motifs is 1. The van der Waals surface area contributed by atoms with E-state index in [2.05, 4.69) is 33.7 Å². The second kappa shape index (κ2) is 8.82. The highest BCUT2D eigenvalue weighted by Crippen LogP contribution is 2.25. The number of amides is 1. The predicted molar refractivity (Wildman–Crippen MR) is 105 cm³/mol. The Bertz CT molecular complexity index is 823. The number of rotatable bonds is 5. The van der Waals surface area contributed by atoms with Gasteiger partial charge in [-0.1, -0.05) is 36.4 Å². The van der Waals surface area contributed by atoms with E-state index in [4.69, 9.17) is 4.74 Å². The molecule has 0 spiro atoms. The molecule has 2 aliphatic rings. The lowest BCUT2D eigenvalue weighted by molar-refractivity contribution is -0.128. The van der Waals surface area contributed by atoms with Gasteiger partial charge in [0.25, 0.3) is 0 Å². The Balaban J connectivity index is 1.50. The third kappa shape index (κ3) is 4.24. The molecular weight excluding hydrogens is 357 g/mol. The molecule has 0 saturated carbocycles. The van der Waals surface area contributed by atoms with Crippen molar-refractivity contribution >= 4 is 5.91 Å². The third-order valence-corrected chi connectivity index (χ3v) is 5.52. The van der Waals surface area contributed by atoms with Crippen LogP contribution in [-0.2, 0) is 16.0 Å². The fourth-order valence-electron chi connectivity index (χ4n) is 4.11. The van der Waals surface area contributed by atoms with Gasteiger partial charge in [-0.2, -0.15) is 0 Å². The van der Waals surface area contributed by atoms with Crippen molar-refractivity contribution in [1.29, 1.82) is 0 Å². The van der Waals surface area contributed by atoms with Gasteiger partial charge in [-0.15, -0.1) is 0 Å². The number of carbonyl (C=O) groups is 1. The van der Waals surface area contributed by atoms with Gasteiger partial charge in [0.05, 0.1) is 13.2 Å². The second-order valence-corrected chi connectivity index (χ2v) is 7.31. The molecule has 2 aromatic carbocycles. The van der Waals surface area contributed by atoms with Crippen molar-refractivity contribution in [3.63, 3.8) is 0 Å². The van der Waals surface area contributed by atoms with Crippen LogP contribution >= 0.6 is 0 Å². The second-order valence-electron chi connectivity index (χ2n) is 7.31. The number of carbonyl (C=O) groups excluding carboxylic acids is 1. The lowest BCUT2D eigenvalue weighted by atomic mass is 9.94. The summed E-state index contributed by atoms with van der Waals surface area (Å²) in [4.78, 5) is 15.2. The van der Waals surface area contributed by atoms with Crippen molar-refractivity contribution in [1.82, 2.24) is 15.5 Å². The zero-order valence-corrected chi connectivity index (χ0v) is 15.9. The molecule has 28 heavy (non-hydrogen) atoms. The maximum Gasteiger partial charge on any atom is 0.242 e. The smallest absolute Gasteiger partial charge is 0.242 e. The van der Waals surface area contributed by atoms with E-state index in [9.17, 15) is 9.18 Å². The first-order valence-corrected chi connectivity index (χ1v) is 9.88. The molecule has 2 aliphatic heterocycles. The summed E-state index contributed by atoms with van der Waals surface area (Å²) < 4.78 is 19.2. The van der Waals surface area contributed by atoms with Gasteiger partial charge < -0.3 is 15.4 Å². The van der Waals surface area contributed by atoms with Crippen LogP contribution in [0.4, 0.5) is 4.39 Å². The largest absolute Gasteiger partial charge is 0.379 e. The van der Waals surface area contributed by atoms with Crippen LogP contribution in [0, 0.1) is 5.82 Å². The van der Waals surface area contributed by atoms with Crippen molar-refractivity contribution in [3.05, 3.63) is 71.0 Å². The molecule has 1 fully saturated rings. The summed E-state index contributed by atoms with van der Waals surface area (Å²) in [6.45, 7) is 3.87. The zero-order valence-electron chi connectivity index (χ0n) is 15.9. The summed E-state index contributed by atoms with van der Waals surface area (Å²) in [5.41, 5.74) is 3.24. The Morgan fingerprint density at radius 3 is 2.86 bits per heavy atom. The average molecular weight is 383 g/mol. The topological polar surface area (TPSA) is 53.6 Å². The summed E-state index contributed by atoms with van der Waals surface area (Å²) in [6.07, 6.45) is 1.00. The number of hydrogen-bond acceptors (Lipinski definition) is 4. The fourth-order valence-corrected chi connectivity index (χ4v) is 4.11. The van der Waals surface area contributed by atoms with Gasteiger partial charge >= 0.3 is 0 Å². The molecule has 148 valence electrons. The molecule has 0 bridgehead atoms. The molecule has 2 atom stereocenters. The molecule has 5 nitrogen and oxygen atoms in total. The standard InChI is InChI=1S/C22H26FN3O2/c23-18-6-3-5-17(14-18)21(26-10-12-28-13-11-26)22(27)25-15-20-19-7-2-1-4-16(19)8-9-24-20/h1-7,14,20-21,24H,8-13,15H2,(H,25,27). The molecule has 2 aromatic rings. The first-order chi connectivity index (χ1) is 13.7. The van der Waals surface area contributed by atoms with E-state index in [1.807, 2.05) is 12.1 Å². The molecule has 0 aliphatic carbocycles. The highest BCUT2D eigenvalue weighted by Gasteiger charge is 2.30. The van der Waals surface area contributed by atoms with Crippen LogP contribution < -0.4 is 10.6 Å². The van der Waals surface area contributed by atoms with Crippen molar-refractivity contribution in [2.24, 2.45) is 0 Å². The number of morpholine rings is 1. The van der Waals surface area contributed by atoms with Gasteiger partial charge in [0.2, 0.25) is 5.91 Å². The normalized spacial score (nSPS) is 21.0. The number of halogens is 1. The van der Waals surface area contributed by atoms with Gasteiger partial charge in [-0.25, -0.2) is 4.39 Å². The Hall–Kier alpha value is -2.28. The van der Waals surface area contributed by atoms with Crippen LogP contribution in [0.5, 0.6) is 0 Å². The van der Waals surface area contributed by atoms with Crippen molar-refractivity contribution in [2.45, 2.75) is 18.5 Å². The van der Waals surface area contributed by atoms with E-state index in [1.165, 1.54) is 23.3 Å². The third-order valence-electron chi connectivity index (χ3n) is 5.52. The Morgan fingerprint density at radius 1 is 1.21 bits per heavy atom. The van der Waals surface area contributed by atoms with Crippen LogP contribution in [0.15, 0.2) is 48.5 Å². The molecule has 6 heteroatoms. The van der Waals surface area contributed by atoms with Crippen LogP contribution in [-0.4, -0.2) is 50.2 Å². The summed E-state index contributed by atoms with van der Waals surface area (Å²) in [6, 6.07) is 14.3. The number of benzene rings is 2. The summed E-state index contributed by atoms with van der Waals surface area (Å²) >= 11 is 0. The average Bonchev–Trinajstić information content (AvgIpc) is 2.73. The molecule has 2 heterocycles. The van der Waals surface area contributed by atoms with Crippen LogP contribution in [0.1, 0.15) is 28.8 Å². The van der Waals surface area contributed by atoms with E-state index in [-0.39, 0.29) is 17.8 Å². The quantitative estimate of drug-likeness (QED) is 0.831. The van der Waals surface area contributed by atoms with Crippen molar-refractivity contribution in [3.8, 4) is 0 Å². The van der Waals surface area contributed by atoms with E-state index in [0.29, 0.717) is 38.4 Å². The van der Waals surface area contributed by atoms with E-state index >= 15 is 0 Å². The van der Waals surface area contributed by atoms with Gasteiger partial charge in [0, 0.05) is 25.7 Å². The Kier molecular flexibility index (Phi) is 6.00. The zero-order chi connectivity index (χ0) is 19.3. The van der Waals surface area contributed by atoms with Gasteiger partial charge in [0.1, 0.15) is 11.9 Å². The molecule has 1 saturated heterocycles. The van der Waals surface area contributed by atoms with Crippen LogP contribution in [0.25, 0.3) is 0 Å². The summed E-state index contributed by atoms with van der Waals surface area (Å²) in [5, 5.41) is 6.59. The van der Waals surface area contributed by atoms with Crippen molar-refractivity contribution in [2.75, 3.05) is 39.4 Å². The molecule has 2 N–H and O–H groups in total. The Morgan fingerprint density at radius 2 is 2.04 bits per heavy atom. The van der Waals surface area contributed by atoms with Crippen LogP contribution in [0.3, 0.4) is 0 Å². The molecule has 2 unspecified atom stereocenters. The highest BCUT2D eigenvalue weighted by molar-refractivity contribution is 5.83. The predicted octanol–water partition coefficient (Wildman–Crippen LogP) is 2.20. The number of ether oxygens (including phenoxy) is 1. The van der Waals surface area contributed by atoms with Crippen LogP contribution in [0.2, 0.25) is 0 Å². The minimum atomic E-state index is -0.515. The van der Waals surface area contributed by atoms with Gasteiger partial charge in [-0.3, -0.25) is 9.69 Å². The lowest BCUT2D eigenvalue weighted by Crippen LogP contribution is -2.47. The molecule has 4 rings (SSSR count). The van der Waals surface area contributed by atoms with E-state index < -0.39 is 6.04 Å². The minimum Gasteiger partial charge on any atom is -0.379 e. The monoisotopic (exact) mass is 383 g/mol. The molecule has 0 aromatic heterocycles. The first-order valence-electron chi connectivity index (χ1n) is 9.88. The maximum absolute atomic E-state index is 13.8. The van der Waals surface area contributed by atoms with E-state index in [0.717, 1.165) is 13.0 Å². The number of nitrogens with one attached hydrogen (secondary N) is 2. The first kappa shape index (κ1) is 19.1. The van der Waals surface area contributed by atoms with E-state index in [1.54, 1.807) is 6.07 Å². The molecule has 0 radical (unpaired) electrons. The lowest BCUT2D eigenvalue weighted by Gasteiger charge is -2.34. The number of hydrogen-bond donors (Lipinski definition) is 2. The fraction of sp³-hybridized carbons (Fsp3) is 0.409. The highest BCUT2D eigenvalue weighted by atomic mass is 19.1. The van der Waals surface area contributed by atoms with Gasteiger partial charge in [-0.05, 0) is 41.8 Å². The SMILES string of the molecule is O=C(NCC1NCCc2ccccc21)C(c1cccc(F)c1)N1CCOCC1. The van der Waals surface area contributed by atoms with Crippen molar-refractivity contribution < 1.29 is 13.9 Å². The van der Waals surface area contributed by atoms with Gasteiger partial charge in [0.15, 0.2) is 0 Å². The summed E-state index contributed by atoms with van der Waals surface area (Å²) in [7, 11) is 0. The summed E-state index contributed by atoms with van der Waals surface area (Å²) in [5.74, 6) is -0.427. The molecular formula is C22H26FN3O2.